The molecule has 86 valence electrons. The van der Waals surface area contributed by atoms with E-state index in [2.05, 4.69) is 20.8 Å². The van der Waals surface area contributed by atoms with Gasteiger partial charge in [0.05, 0.1) is 0 Å². The summed E-state index contributed by atoms with van der Waals surface area (Å²) in [4.78, 5) is 11.5. The largest absolute Gasteiger partial charge is 0.295 e. The fraction of sp³-hybridized carbons (Fsp3) is 0.786. The van der Waals surface area contributed by atoms with E-state index in [0.717, 1.165) is 6.42 Å². The molecule has 0 saturated heterocycles. The summed E-state index contributed by atoms with van der Waals surface area (Å²) in [5.41, 5.74) is 1.32. The van der Waals surface area contributed by atoms with E-state index < -0.39 is 0 Å². The van der Waals surface area contributed by atoms with E-state index in [4.69, 9.17) is 0 Å². The molecule has 0 bridgehead atoms. The summed E-state index contributed by atoms with van der Waals surface area (Å²) < 4.78 is 0. The minimum Gasteiger partial charge on any atom is -0.295 e. The Bertz CT molecular complexity index is 240. The minimum absolute atomic E-state index is 0.346. The molecule has 0 spiro atoms. The minimum atomic E-state index is 0.346. The molecule has 0 aromatic rings. The Kier molecular flexibility index (Phi) is 5.07. The maximum atomic E-state index is 11.5. The van der Waals surface area contributed by atoms with Crippen LogP contribution < -0.4 is 0 Å². The Morgan fingerprint density at radius 2 is 2.07 bits per heavy atom. The smallest absolute Gasteiger partial charge is 0.155 e. The highest BCUT2D eigenvalue weighted by molar-refractivity contribution is 5.91. The quantitative estimate of drug-likeness (QED) is 0.621. The van der Waals surface area contributed by atoms with Gasteiger partial charge in [-0.15, -0.1) is 0 Å². The lowest BCUT2D eigenvalue weighted by atomic mass is 9.75. The van der Waals surface area contributed by atoms with Crippen molar-refractivity contribution in [2.75, 3.05) is 0 Å². The monoisotopic (exact) mass is 208 g/mol. The lowest BCUT2D eigenvalue weighted by Crippen LogP contribution is -2.23. The van der Waals surface area contributed by atoms with Crippen LogP contribution in [0, 0.1) is 11.8 Å². The molecule has 0 N–H and O–H groups in total. The van der Waals surface area contributed by atoms with Gasteiger partial charge in [0, 0.05) is 6.42 Å². The average molecular weight is 208 g/mol. The van der Waals surface area contributed by atoms with Gasteiger partial charge in [0.2, 0.25) is 0 Å². The average Bonchev–Trinajstić information content (AvgIpc) is 2.17. The number of carbonyl (C=O) groups excluding carboxylic acids is 1. The van der Waals surface area contributed by atoms with Crippen LogP contribution >= 0.6 is 0 Å². The zero-order chi connectivity index (χ0) is 11.3. The standard InChI is InChI=1S/C14H24O/c1-4-6-7-8-12-10-13(15)9-11(3)14(12)5-2/h9,12,14H,4-8,10H2,1-3H3. The summed E-state index contributed by atoms with van der Waals surface area (Å²) >= 11 is 0. The fourth-order valence-electron chi connectivity index (χ4n) is 2.81. The number of hydrogen-bond acceptors (Lipinski definition) is 1. The van der Waals surface area contributed by atoms with Crippen LogP contribution in [-0.2, 0) is 4.79 Å². The second kappa shape index (κ2) is 6.09. The van der Waals surface area contributed by atoms with Crippen molar-refractivity contribution >= 4 is 5.78 Å². The van der Waals surface area contributed by atoms with Crippen molar-refractivity contribution in [3.8, 4) is 0 Å². The van der Waals surface area contributed by atoms with E-state index >= 15 is 0 Å². The molecule has 0 saturated carbocycles. The topological polar surface area (TPSA) is 17.1 Å². The van der Waals surface area contributed by atoms with Crippen molar-refractivity contribution in [1.29, 1.82) is 0 Å². The molecule has 0 heterocycles. The number of hydrogen-bond donors (Lipinski definition) is 0. The molecule has 1 aliphatic carbocycles. The fourth-order valence-corrected chi connectivity index (χ4v) is 2.81. The molecule has 1 rings (SSSR count). The molecule has 0 aromatic carbocycles. The van der Waals surface area contributed by atoms with Gasteiger partial charge in [-0.2, -0.15) is 0 Å². The van der Waals surface area contributed by atoms with Crippen molar-refractivity contribution in [2.45, 2.75) is 59.3 Å². The molecule has 1 heteroatoms. The zero-order valence-corrected chi connectivity index (χ0v) is 10.4. The molecular weight excluding hydrogens is 184 g/mol. The maximum absolute atomic E-state index is 11.5. The van der Waals surface area contributed by atoms with Gasteiger partial charge < -0.3 is 0 Å². The van der Waals surface area contributed by atoms with Crippen LogP contribution in [0.4, 0.5) is 0 Å². The summed E-state index contributed by atoms with van der Waals surface area (Å²) in [6, 6.07) is 0. The molecule has 0 radical (unpaired) electrons. The van der Waals surface area contributed by atoms with Gasteiger partial charge in [-0.1, -0.05) is 38.7 Å². The molecule has 0 fully saturated rings. The van der Waals surface area contributed by atoms with Crippen molar-refractivity contribution in [2.24, 2.45) is 11.8 Å². The third-order valence-corrected chi connectivity index (χ3v) is 3.62. The molecule has 0 aliphatic heterocycles. The second-order valence-corrected chi connectivity index (χ2v) is 4.83. The van der Waals surface area contributed by atoms with Crippen LogP contribution in [0.2, 0.25) is 0 Å². The first-order chi connectivity index (χ1) is 7.19. The SMILES string of the molecule is CCCCCC1CC(=O)C=C(C)C1CC. The highest BCUT2D eigenvalue weighted by Gasteiger charge is 2.27. The Balaban J connectivity index is 2.54. The highest BCUT2D eigenvalue weighted by Crippen LogP contribution is 2.34. The van der Waals surface area contributed by atoms with Crippen LogP contribution in [-0.4, -0.2) is 5.78 Å². The van der Waals surface area contributed by atoms with E-state index in [-0.39, 0.29) is 0 Å². The van der Waals surface area contributed by atoms with Gasteiger partial charge in [-0.3, -0.25) is 4.79 Å². The number of unbranched alkanes of at least 4 members (excludes halogenated alkanes) is 2. The Morgan fingerprint density at radius 3 is 2.67 bits per heavy atom. The molecule has 15 heavy (non-hydrogen) atoms. The summed E-state index contributed by atoms with van der Waals surface area (Å²) in [5, 5.41) is 0. The van der Waals surface area contributed by atoms with Crippen molar-refractivity contribution in [3.05, 3.63) is 11.6 Å². The Hall–Kier alpha value is -0.590. The Labute approximate surface area is 93.9 Å². The number of rotatable bonds is 5. The normalized spacial score (nSPS) is 26.6. The van der Waals surface area contributed by atoms with Gasteiger partial charge in [0.1, 0.15) is 0 Å². The number of carbonyl (C=O) groups is 1. The summed E-state index contributed by atoms with van der Waals surface area (Å²) in [6.45, 7) is 6.59. The molecule has 1 aliphatic rings. The third-order valence-electron chi connectivity index (χ3n) is 3.62. The summed E-state index contributed by atoms with van der Waals surface area (Å²) in [7, 11) is 0. The predicted molar refractivity (Wildman–Crippen MR) is 64.8 cm³/mol. The van der Waals surface area contributed by atoms with Crippen LogP contribution in [0.5, 0.6) is 0 Å². The number of ketones is 1. The van der Waals surface area contributed by atoms with Gasteiger partial charge >= 0.3 is 0 Å². The van der Waals surface area contributed by atoms with Crippen LogP contribution in [0.25, 0.3) is 0 Å². The third kappa shape index (κ3) is 3.48. The van der Waals surface area contributed by atoms with Crippen molar-refractivity contribution in [3.63, 3.8) is 0 Å². The van der Waals surface area contributed by atoms with Gasteiger partial charge in [-0.05, 0) is 37.7 Å². The van der Waals surface area contributed by atoms with Crippen LogP contribution in [0.15, 0.2) is 11.6 Å². The van der Waals surface area contributed by atoms with Crippen LogP contribution in [0.3, 0.4) is 0 Å². The highest BCUT2D eigenvalue weighted by atomic mass is 16.1. The maximum Gasteiger partial charge on any atom is 0.155 e. The first kappa shape index (κ1) is 12.5. The molecule has 2 atom stereocenters. The van der Waals surface area contributed by atoms with E-state index in [9.17, 15) is 4.79 Å². The molecule has 2 unspecified atom stereocenters. The lowest BCUT2D eigenvalue weighted by molar-refractivity contribution is -0.116. The summed E-state index contributed by atoms with van der Waals surface area (Å²) in [6.07, 6.45) is 8.95. The molecular formula is C14H24O. The van der Waals surface area contributed by atoms with Gasteiger partial charge in [0.25, 0.3) is 0 Å². The van der Waals surface area contributed by atoms with Gasteiger partial charge in [-0.25, -0.2) is 0 Å². The lowest BCUT2D eigenvalue weighted by Gasteiger charge is -2.30. The van der Waals surface area contributed by atoms with E-state index in [1.165, 1.54) is 37.7 Å². The van der Waals surface area contributed by atoms with E-state index in [1.807, 2.05) is 6.08 Å². The predicted octanol–water partition coefficient (Wildman–Crippen LogP) is 4.13. The molecule has 0 aromatic heterocycles. The zero-order valence-electron chi connectivity index (χ0n) is 10.4. The first-order valence-corrected chi connectivity index (χ1v) is 6.40. The van der Waals surface area contributed by atoms with E-state index in [0.29, 0.717) is 17.6 Å². The van der Waals surface area contributed by atoms with E-state index in [1.54, 1.807) is 0 Å². The van der Waals surface area contributed by atoms with Crippen molar-refractivity contribution in [1.82, 2.24) is 0 Å². The molecule has 1 nitrogen and oxygen atoms in total. The van der Waals surface area contributed by atoms with Crippen LogP contribution in [0.1, 0.15) is 59.3 Å². The molecule has 0 amide bonds. The van der Waals surface area contributed by atoms with Gasteiger partial charge in [0.15, 0.2) is 5.78 Å². The Morgan fingerprint density at radius 1 is 1.33 bits per heavy atom. The van der Waals surface area contributed by atoms with Crippen molar-refractivity contribution < 1.29 is 4.79 Å². The summed E-state index contributed by atoms with van der Waals surface area (Å²) in [5.74, 6) is 1.64. The number of allylic oxidation sites excluding steroid dienone is 2. The second-order valence-electron chi connectivity index (χ2n) is 4.83. The first-order valence-electron chi connectivity index (χ1n) is 6.40.